The molecule has 0 aliphatic heterocycles. The standard InChI is InChI=1S/C27H36O3Si/c1-26(2,3)31(6,7)30-27(4)14-13-22-21(17-27)12-11-20-16-24-19(15-23(20)22)9-8-10-25(24)29-18-28-5/h8-12,15-16H,13-14,17-18H2,1-7H3/t27-/m0/s1. The molecule has 0 N–H and O–H groups in total. The van der Waals surface area contributed by atoms with Gasteiger partial charge in [0.2, 0.25) is 0 Å². The van der Waals surface area contributed by atoms with Gasteiger partial charge in [-0.05, 0) is 83.4 Å². The molecule has 0 radical (unpaired) electrons. The Balaban J connectivity index is 1.71. The van der Waals surface area contributed by atoms with Crippen LogP contribution in [0, 0.1) is 0 Å². The van der Waals surface area contributed by atoms with Crippen molar-refractivity contribution >= 4 is 29.9 Å². The summed E-state index contributed by atoms with van der Waals surface area (Å²) in [4.78, 5) is 0. The van der Waals surface area contributed by atoms with E-state index in [1.807, 2.05) is 6.07 Å². The zero-order valence-electron chi connectivity index (χ0n) is 20.1. The topological polar surface area (TPSA) is 27.7 Å². The Morgan fingerprint density at radius 1 is 1.00 bits per heavy atom. The zero-order valence-corrected chi connectivity index (χ0v) is 21.1. The Labute approximate surface area is 187 Å². The summed E-state index contributed by atoms with van der Waals surface area (Å²) in [6, 6.07) is 15.4. The van der Waals surface area contributed by atoms with Crippen LogP contribution in [0.15, 0.2) is 42.5 Å². The van der Waals surface area contributed by atoms with Gasteiger partial charge in [-0.1, -0.05) is 45.0 Å². The third-order valence-corrected chi connectivity index (χ3v) is 11.9. The average molecular weight is 437 g/mol. The van der Waals surface area contributed by atoms with Crippen molar-refractivity contribution in [3.05, 3.63) is 53.6 Å². The van der Waals surface area contributed by atoms with Crippen LogP contribution in [0.25, 0.3) is 21.5 Å². The van der Waals surface area contributed by atoms with E-state index >= 15 is 0 Å². The predicted octanol–water partition coefficient (Wildman–Crippen LogP) is 7.24. The molecule has 0 saturated heterocycles. The van der Waals surface area contributed by atoms with E-state index in [1.54, 1.807) is 7.11 Å². The van der Waals surface area contributed by atoms with Gasteiger partial charge in [-0.15, -0.1) is 0 Å². The van der Waals surface area contributed by atoms with E-state index in [4.69, 9.17) is 13.9 Å². The van der Waals surface area contributed by atoms with E-state index in [1.165, 1.54) is 27.3 Å². The first-order chi connectivity index (χ1) is 14.5. The molecule has 31 heavy (non-hydrogen) atoms. The summed E-state index contributed by atoms with van der Waals surface area (Å²) in [6.45, 7) is 14.3. The van der Waals surface area contributed by atoms with Gasteiger partial charge in [0.25, 0.3) is 0 Å². The first kappa shape index (κ1) is 22.3. The van der Waals surface area contributed by atoms with Gasteiger partial charge in [0, 0.05) is 18.9 Å². The molecule has 1 aliphatic carbocycles. The molecule has 3 nitrogen and oxygen atoms in total. The fourth-order valence-electron chi connectivity index (χ4n) is 4.62. The van der Waals surface area contributed by atoms with Crippen LogP contribution in [0.1, 0.15) is 45.2 Å². The minimum atomic E-state index is -1.82. The summed E-state index contributed by atoms with van der Waals surface area (Å²) in [5.41, 5.74) is 2.84. The van der Waals surface area contributed by atoms with Gasteiger partial charge in [0.05, 0.1) is 5.60 Å². The number of fused-ring (bicyclic) bond motifs is 4. The lowest BCUT2D eigenvalue weighted by molar-refractivity contribution is 0.0522. The Hall–Kier alpha value is -1.88. The summed E-state index contributed by atoms with van der Waals surface area (Å²) in [5.74, 6) is 0.870. The van der Waals surface area contributed by atoms with Gasteiger partial charge in [-0.3, -0.25) is 0 Å². The molecule has 0 aromatic heterocycles. The summed E-state index contributed by atoms with van der Waals surface area (Å²) in [6.07, 6.45) is 3.11. The molecule has 0 saturated carbocycles. The van der Waals surface area contributed by atoms with Crippen molar-refractivity contribution < 1.29 is 13.9 Å². The Morgan fingerprint density at radius 2 is 1.71 bits per heavy atom. The molecule has 4 heteroatoms. The van der Waals surface area contributed by atoms with Gasteiger partial charge < -0.3 is 13.9 Å². The van der Waals surface area contributed by atoms with Gasteiger partial charge >= 0.3 is 0 Å². The van der Waals surface area contributed by atoms with E-state index < -0.39 is 8.32 Å². The van der Waals surface area contributed by atoms with Crippen LogP contribution in [-0.4, -0.2) is 27.8 Å². The van der Waals surface area contributed by atoms with Crippen LogP contribution >= 0.6 is 0 Å². The van der Waals surface area contributed by atoms with Crippen LogP contribution < -0.4 is 4.74 Å². The molecule has 0 unspecified atom stereocenters. The van der Waals surface area contributed by atoms with E-state index in [0.717, 1.165) is 30.4 Å². The molecule has 1 atom stereocenters. The first-order valence-corrected chi connectivity index (χ1v) is 14.2. The second kappa shape index (κ2) is 7.91. The van der Waals surface area contributed by atoms with Crippen molar-refractivity contribution in [2.75, 3.05) is 13.9 Å². The largest absolute Gasteiger partial charge is 0.467 e. The summed E-state index contributed by atoms with van der Waals surface area (Å²) < 4.78 is 17.8. The van der Waals surface area contributed by atoms with Gasteiger partial charge in [0.1, 0.15) is 5.75 Å². The second-order valence-electron chi connectivity index (χ2n) is 10.8. The number of hydrogen-bond acceptors (Lipinski definition) is 3. The predicted molar refractivity (Wildman–Crippen MR) is 133 cm³/mol. The van der Waals surface area contributed by atoms with E-state index in [-0.39, 0.29) is 17.4 Å². The van der Waals surface area contributed by atoms with Crippen molar-refractivity contribution in [1.82, 2.24) is 0 Å². The number of aryl methyl sites for hydroxylation is 1. The fourth-order valence-corrected chi connectivity index (χ4v) is 6.34. The summed E-state index contributed by atoms with van der Waals surface area (Å²) >= 11 is 0. The third-order valence-electron chi connectivity index (χ3n) is 7.30. The van der Waals surface area contributed by atoms with Crippen molar-refractivity contribution in [2.24, 2.45) is 0 Å². The fraction of sp³-hybridized carbons (Fsp3) is 0.481. The third kappa shape index (κ3) is 4.26. The quantitative estimate of drug-likeness (QED) is 0.239. The first-order valence-electron chi connectivity index (χ1n) is 11.3. The maximum absolute atomic E-state index is 6.93. The summed E-state index contributed by atoms with van der Waals surface area (Å²) in [5, 5.41) is 5.20. The minimum absolute atomic E-state index is 0.0817. The monoisotopic (exact) mass is 436 g/mol. The molecule has 0 fully saturated rings. The average Bonchev–Trinajstić information content (AvgIpc) is 2.69. The molecule has 0 amide bonds. The highest BCUT2D eigenvalue weighted by Crippen LogP contribution is 2.44. The number of ether oxygens (including phenoxy) is 2. The summed E-state index contributed by atoms with van der Waals surface area (Å²) in [7, 11) is -0.169. The van der Waals surface area contributed by atoms with Crippen molar-refractivity contribution in [2.45, 2.75) is 70.7 Å². The van der Waals surface area contributed by atoms with Crippen LogP contribution in [0.2, 0.25) is 18.1 Å². The molecule has 0 heterocycles. The Bertz CT molecular complexity index is 1110. The van der Waals surface area contributed by atoms with Crippen molar-refractivity contribution in [3.8, 4) is 5.75 Å². The molecule has 3 aromatic rings. The van der Waals surface area contributed by atoms with Crippen LogP contribution in [0.5, 0.6) is 5.75 Å². The lowest BCUT2D eigenvalue weighted by atomic mass is 9.79. The van der Waals surface area contributed by atoms with Gasteiger partial charge in [-0.2, -0.15) is 0 Å². The molecule has 166 valence electrons. The van der Waals surface area contributed by atoms with E-state index in [0.29, 0.717) is 0 Å². The molecular weight excluding hydrogens is 400 g/mol. The molecule has 4 rings (SSSR count). The normalized spacial score (nSPS) is 19.6. The molecular formula is C27H36O3Si. The number of benzene rings is 3. The lowest BCUT2D eigenvalue weighted by Crippen LogP contribution is -2.50. The Morgan fingerprint density at radius 3 is 2.42 bits per heavy atom. The van der Waals surface area contributed by atoms with Gasteiger partial charge in [0.15, 0.2) is 15.1 Å². The zero-order chi connectivity index (χ0) is 22.4. The molecule has 0 spiro atoms. The highest BCUT2D eigenvalue weighted by atomic mass is 28.4. The minimum Gasteiger partial charge on any atom is -0.467 e. The maximum Gasteiger partial charge on any atom is 0.192 e. The molecule has 3 aromatic carbocycles. The highest BCUT2D eigenvalue weighted by Gasteiger charge is 2.44. The van der Waals surface area contributed by atoms with Crippen molar-refractivity contribution in [3.63, 3.8) is 0 Å². The lowest BCUT2D eigenvalue weighted by Gasteiger charge is -2.46. The van der Waals surface area contributed by atoms with E-state index in [2.05, 4.69) is 77.2 Å². The molecule has 0 bridgehead atoms. The number of hydrogen-bond donors (Lipinski definition) is 0. The SMILES string of the molecule is COCOc1cccc2cc3c4c(ccc3cc12)C[C@@](C)(O[Si](C)(C)C(C)(C)C)CC4. The maximum atomic E-state index is 6.93. The highest BCUT2D eigenvalue weighted by molar-refractivity contribution is 6.74. The van der Waals surface area contributed by atoms with Crippen LogP contribution in [0.4, 0.5) is 0 Å². The van der Waals surface area contributed by atoms with Crippen molar-refractivity contribution in [1.29, 1.82) is 0 Å². The second-order valence-corrected chi connectivity index (χ2v) is 15.5. The molecule has 1 aliphatic rings. The van der Waals surface area contributed by atoms with Gasteiger partial charge in [-0.25, -0.2) is 0 Å². The smallest absolute Gasteiger partial charge is 0.192 e. The van der Waals surface area contributed by atoms with Crippen LogP contribution in [0.3, 0.4) is 0 Å². The Kier molecular flexibility index (Phi) is 5.70. The number of rotatable bonds is 5. The number of methoxy groups -OCH3 is 1. The van der Waals surface area contributed by atoms with E-state index in [9.17, 15) is 0 Å². The van der Waals surface area contributed by atoms with Crippen LogP contribution in [-0.2, 0) is 22.0 Å².